The quantitative estimate of drug-likeness (QED) is 0.225. The SMILES string of the molecule is Cn1nc(N2CCC(=O)NC2=O)c2cccc(C3CCN(CC4CCN(c5cccc(S(=O)N6CCC(Nc7ncc(C(F)(F)F)cn7)CC6)c5)CC4)CC3)c21. The second-order valence-corrected chi connectivity index (χ2v) is 16.8. The van der Waals surface area contributed by atoms with Gasteiger partial charge in [0.25, 0.3) is 0 Å². The first-order valence-electron chi connectivity index (χ1n) is 19.5. The summed E-state index contributed by atoms with van der Waals surface area (Å²) in [6, 6.07) is 13.9. The highest BCUT2D eigenvalue weighted by Gasteiger charge is 2.33. The Bertz CT molecular complexity index is 2070. The molecule has 4 fully saturated rings. The van der Waals surface area contributed by atoms with Crippen molar-refractivity contribution in [3.63, 3.8) is 0 Å². The van der Waals surface area contributed by atoms with Crippen LogP contribution in [0.15, 0.2) is 59.8 Å². The normalized spacial score (nSPS) is 20.8. The molecule has 0 bridgehead atoms. The minimum atomic E-state index is -4.48. The Hall–Kier alpha value is -4.61. The molecular weight excluding hydrogens is 746 g/mol. The number of carbonyl (C=O) groups excluding carboxylic acids is 2. The van der Waals surface area contributed by atoms with Crippen LogP contribution in [0.2, 0.25) is 0 Å². The van der Waals surface area contributed by atoms with Crippen molar-refractivity contribution < 1.29 is 27.0 Å². The predicted molar refractivity (Wildman–Crippen MR) is 208 cm³/mol. The molecule has 8 rings (SSSR count). The summed E-state index contributed by atoms with van der Waals surface area (Å²) in [6.45, 7) is 6.55. The number of carbonyl (C=O) groups is 2. The molecule has 56 heavy (non-hydrogen) atoms. The summed E-state index contributed by atoms with van der Waals surface area (Å²) in [4.78, 5) is 39.3. The number of piperidine rings is 3. The van der Waals surface area contributed by atoms with Crippen molar-refractivity contribution in [3.05, 3.63) is 66.0 Å². The highest BCUT2D eigenvalue weighted by atomic mass is 32.2. The monoisotopic (exact) mass is 792 g/mol. The van der Waals surface area contributed by atoms with Crippen LogP contribution >= 0.6 is 0 Å². The summed E-state index contributed by atoms with van der Waals surface area (Å²) in [7, 11) is 0.609. The van der Waals surface area contributed by atoms with E-state index in [2.05, 4.69) is 54.7 Å². The molecule has 0 aliphatic carbocycles. The fraction of sp³-hybridized carbons (Fsp3) is 0.513. The van der Waals surface area contributed by atoms with E-state index in [1.165, 1.54) is 5.56 Å². The molecule has 4 aromatic rings. The molecule has 0 radical (unpaired) electrons. The fourth-order valence-electron chi connectivity index (χ4n) is 8.64. The van der Waals surface area contributed by atoms with Gasteiger partial charge in [0.15, 0.2) is 5.82 Å². The lowest BCUT2D eigenvalue weighted by Gasteiger charge is -2.38. The third-order valence-electron chi connectivity index (χ3n) is 11.7. The minimum absolute atomic E-state index is 0.0128. The van der Waals surface area contributed by atoms with Gasteiger partial charge in [-0.25, -0.2) is 23.3 Å². The Morgan fingerprint density at radius 3 is 2.30 bits per heavy atom. The van der Waals surface area contributed by atoms with Crippen LogP contribution < -0.4 is 20.4 Å². The van der Waals surface area contributed by atoms with Gasteiger partial charge in [-0.1, -0.05) is 18.2 Å². The van der Waals surface area contributed by atoms with Gasteiger partial charge in [0.05, 0.1) is 16.0 Å². The molecule has 4 aliphatic rings. The van der Waals surface area contributed by atoms with E-state index in [1.54, 1.807) is 4.90 Å². The van der Waals surface area contributed by atoms with Crippen LogP contribution in [0.3, 0.4) is 0 Å². The first-order chi connectivity index (χ1) is 27.0. The number of aromatic nitrogens is 4. The highest BCUT2D eigenvalue weighted by Crippen LogP contribution is 2.37. The summed E-state index contributed by atoms with van der Waals surface area (Å²) < 4.78 is 56.0. The number of para-hydroxylation sites is 1. The zero-order chi connectivity index (χ0) is 39.0. The average Bonchev–Trinajstić information content (AvgIpc) is 3.54. The number of anilines is 3. The second-order valence-electron chi connectivity index (χ2n) is 15.3. The number of urea groups is 1. The molecule has 2 aromatic carbocycles. The van der Waals surface area contributed by atoms with Crippen molar-refractivity contribution in [2.75, 3.05) is 67.5 Å². The lowest BCUT2D eigenvalue weighted by atomic mass is 9.87. The Morgan fingerprint density at radius 2 is 1.61 bits per heavy atom. The van der Waals surface area contributed by atoms with Crippen molar-refractivity contribution in [2.24, 2.45) is 13.0 Å². The van der Waals surface area contributed by atoms with Crippen molar-refractivity contribution in [1.29, 1.82) is 0 Å². The van der Waals surface area contributed by atoms with Crippen LogP contribution in [0.4, 0.5) is 35.4 Å². The molecule has 1 atom stereocenters. The van der Waals surface area contributed by atoms with E-state index in [0.29, 0.717) is 50.1 Å². The fourth-order valence-corrected chi connectivity index (χ4v) is 9.90. The summed E-state index contributed by atoms with van der Waals surface area (Å²) in [5.74, 6) is 1.53. The molecule has 298 valence electrons. The number of hydrogen-bond acceptors (Lipinski definition) is 9. The molecule has 17 heteroatoms. The number of likely N-dealkylation sites (tertiary alicyclic amines) is 1. The maximum absolute atomic E-state index is 13.6. The van der Waals surface area contributed by atoms with Crippen LogP contribution in [-0.4, -0.2) is 104 Å². The summed E-state index contributed by atoms with van der Waals surface area (Å²) in [5, 5.41) is 11.2. The lowest BCUT2D eigenvalue weighted by Crippen LogP contribution is -2.49. The van der Waals surface area contributed by atoms with Crippen LogP contribution in [0, 0.1) is 5.92 Å². The lowest BCUT2D eigenvalue weighted by molar-refractivity contribution is -0.138. The zero-order valence-electron chi connectivity index (χ0n) is 31.4. The number of nitrogens with zero attached hydrogens (tertiary/aromatic N) is 8. The molecule has 0 spiro atoms. The zero-order valence-corrected chi connectivity index (χ0v) is 32.2. The predicted octanol–water partition coefficient (Wildman–Crippen LogP) is 5.52. The van der Waals surface area contributed by atoms with Crippen molar-refractivity contribution in [1.82, 2.24) is 34.3 Å². The first kappa shape index (κ1) is 38.3. The van der Waals surface area contributed by atoms with Gasteiger partial charge in [-0.15, -0.1) is 0 Å². The van der Waals surface area contributed by atoms with Gasteiger partial charge in [-0.05, 0) is 93.3 Å². The number of nitrogens with one attached hydrogen (secondary N) is 2. The van der Waals surface area contributed by atoms with Crippen molar-refractivity contribution in [3.8, 4) is 0 Å². The maximum Gasteiger partial charge on any atom is 0.419 e. The molecule has 6 heterocycles. The number of aryl methyl sites for hydroxylation is 1. The van der Waals surface area contributed by atoms with Gasteiger partial charge in [0, 0.05) is 82.2 Å². The molecule has 3 amide bonds. The Balaban J connectivity index is 0.799. The Labute approximate surface area is 326 Å². The number of halogens is 3. The number of amides is 3. The van der Waals surface area contributed by atoms with Crippen LogP contribution in [-0.2, 0) is 29.0 Å². The van der Waals surface area contributed by atoms with Crippen molar-refractivity contribution >= 4 is 51.3 Å². The molecule has 1 unspecified atom stereocenters. The standard InChI is InChI=1S/C39H47F3N10O3S/c1-48-35-32(6-3-7-33(35)36(47-48)52-21-14-34(53)46-38(52)54)27-10-15-49(16-11-27)25-26-8-17-50(18-9-26)30-4-2-5-31(22-30)56(55)51-19-12-29(13-20-51)45-37-43-23-28(24-44-37)39(40,41)42/h2-7,22-24,26-27,29H,8-21,25H2,1H3,(H,43,44,45)(H,46,53,54). The largest absolute Gasteiger partial charge is 0.419 e. The van der Waals surface area contributed by atoms with Gasteiger partial charge in [-0.2, -0.15) is 18.3 Å². The molecule has 13 nitrogen and oxygen atoms in total. The number of hydrogen-bond donors (Lipinski definition) is 2. The number of alkyl halides is 3. The molecule has 0 saturated carbocycles. The van der Waals surface area contributed by atoms with Crippen molar-refractivity contribution in [2.45, 2.75) is 68.0 Å². The van der Waals surface area contributed by atoms with E-state index in [-0.39, 0.29) is 24.3 Å². The number of rotatable bonds is 9. The van der Waals surface area contributed by atoms with Gasteiger partial charge in [0.1, 0.15) is 11.0 Å². The Kier molecular flexibility index (Phi) is 11.0. The number of imide groups is 1. The van der Waals surface area contributed by atoms with E-state index in [4.69, 9.17) is 5.10 Å². The van der Waals surface area contributed by atoms with E-state index >= 15 is 0 Å². The molecule has 4 saturated heterocycles. The van der Waals surface area contributed by atoms with E-state index < -0.39 is 28.8 Å². The van der Waals surface area contributed by atoms with E-state index in [9.17, 15) is 27.0 Å². The summed E-state index contributed by atoms with van der Waals surface area (Å²) >= 11 is 0. The van der Waals surface area contributed by atoms with E-state index in [0.717, 1.165) is 92.3 Å². The number of fused-ring (bicyclic) bond motifs is 1. The smallest absolute Gasteiger partial charge is 0.371 e. The highest BCUT2D eigenvalue weighted by molar-refractivity contribution is 7.82. The second kappa shape index (κ2) is 16.1. The third kappa shape index (κ3) is 8.25. The van der Waals surface area contributed by atoms with Crippen LogP contribution in [0.25, 0.3) is 10.9 Å². The van der Waals surface area contributed by atoms with Crippen LogP contribution in [0.5, 0.6) is 0 Å². The van der Waals surface area contributed by atoms with Gasteiger partial charge >= 0.3 is 12.2 Å². The minimum Gasteiger partial charge on any atom is -0.371 e. The summed E-state index contributed by atoms with van der Waals surface area (Å²) in [6.07, 6.45) is 3.02. The molecule has 4 aliphatic heterocycles. The Morgan fingerprint density at radius 1 is 0.893 bits per heavy atom. The molecular formula is C39H47F3N10O3S. The first-order valence-corrected chi connectivity index (χ1v) is 20.6. The topological polar surface area (TPSA) is 132 Å². The maximum atomic E-state index is 13.6. The van der Waals surface area contributed by atoms with Gasteiger partial charge < -0.3 is 15.1 Å². The van der Waals surface area contributed by atoms with Gasteiger partial charge in [-0.3, -0.25) is 19.7 Å². The third-order valence-corrected chi connectivity index (χ3v) is 13.2. The van der Waals surface area contributed by atoms with Crippen LogP contribution in [0.1, 0.15) is 62.0 Å². The summed E-state index contributed by atoms with van der Waals surface area (Å²) in [5.41, 5.74) is 2.53. The molecule has 2 N–H and O–H groups in total. The van der Waals surface area contributed by atoms with E-state index in [1.807, 2.05) is 34.2 Å². The van der Waals surface area contributed by atoms with Gasteiger partial charge in [0.2, 0.25) is 11.9 Å². The average molecular weight is 793 g/mol. The number of benzene rings is 2. The molecule has 2 aromatic heterocycles.